The number of imidazole rings is 1. The van der Waals surface area contributed by atoms with Crippen LogP contribution >= 0.6 is 0 Å². The van der Waals surface area contributed by atoms with Crippen molar-refractivity contribution in [3.05, 3.63) is 29.5 Å². The Hall–Kier alpha value is -1.97. The van der Waals surface area contributed by atoms with Crippen molar-refractivity contribution in [2.45, 2.75) is 32.7 Å². The van der Waals surface area contributed by atoms with Gasteiger partial charge in [0.2, 0.25) is 5.95 Å². The quantitative estimate of drug-likeness (QED) is 0.865. The first-order valence-electron chi connectivity index (χ1n) is 7.40. The van der Waals surface area contributed by atoms with Crippen LogP contribution in [-0.2, 0) is 13.0 Å². The zero-order chi connectivity index (χ0) is 13.5. The third kappa shape index (κ3) is 1.79. The van der Waals surface area contributed by atoms with Gasteiger partial charge < -0.3 is 14.6 Å². The second-order valence-electron chi connectivity index (χ2n) is 5.58. The second-order valence-corrected chi connectivity index (χ2v) is 5.58. The Labute approximate surface area is 118 Å². The molecule has 0 fully saturated rings. The number of rotatable bonds is 1. The van der Waals surface area contributed by atoms with Gasteiger partial charge in [0.05, 0.1) is 12.3 Å². The Kier molecular flexibility index (Phi) is 2.69. The Morgan fingerprint density at radius 3 is 3.15 bits per heavy atom. The third-order valence-electron chi connectivity index (χ3n) is 4.24. The van der Waals surface area contributed by atoms with E-state index >= 15 is 0 Å². The van der Waals surface area contributed by atoms with Crippen LogP contribution < -0.4 is 10.1 Å². The fourth-order valence-electron chi connectivity index (χ4n) is 3.16. The van der Waals surface area contributed by atoms with Crippen LogP contribution in [0.2, 0.25) is 0 Å². The molecule has 104 valence electrons. The van der Waals surface area contributed by atoms with E-state index in [0.717, 1.165) is 49.9 Å². The normalized spacial score (nSPS) is 16.9. The zero-order valence-electron chi connectivity index (χ0n) is 11.8. The van der Waals surface area contributed by atoms with E-state index in [9.17, 15) is 0 Å². The lowest BCUT2D eigenvalue weighted by Crippen LogP contribution is -2.17. The largest absolute Gasteiger partial charge is 0.493 e. The Morgan fingerprint density at radius 2 is 2.25 bits per heavy atom. The molecule has 0 aliphatic carbocycles. The van der Waals surface area contributed by atoms with Gasteiger partial charge in [0, 0.05) is 24.3 Å². The summed E-state index contributed by atoms with van der Waals surface area (Å²) in [6, 6.07) is 6.47. The van der Waals surface area contributed by atoms with Crippen molar-refractivity contribution in [3.63, 3.8) is 0 Å². The van der Waals surface area contributed by atoms with E-state index in [-0.39, 0.29) is 0 Å². The number of aromatic nitrogens is 2. The number of anilines is 1. The first kappa shape index (κ1) is 11.8. The molecule has 0 radical (unpaired) electrons. The minimum absolute atomic E-state index is 0.841. The standard InChI is InChI=1S/C16H19N3O/c1-11-15(18-16-17-7-3-8-19(11)16)13-5-6-14-12(10-13)4-2-9-20-14/h5-6,10H,2-4,7-9H2,1H3,(H,17,18). The minimum atomic E-state index is 0.841. The van der Waals surface area contributed by atoms with Gasteiger partial charge in [0.1, 0.15) is 5.75 Å². The predicted octanol–water partition coefficient (Wildman–Crippen LogP) is 3.00. The molecule has 4 heteroatoms. The molecule has 2 aliphatic heterocycles. The highest BCUT2D eigenvalue weighted by atomic mass is 16.5. The predicted molar refractivity (Wildman–Crippen MR) is 79.3 cm³/mol. The van der Waals surface area contributed by atoms with Gasteiger partial charge in [-0.1, -0.05) is 0 Å². The van der Waals surface area contributed by atoms with Crippen LogP contribution in [0.3, 0.4) is 0 Å². The smallest absolute Gasteiger partial charge is 0.203 e. The topological polar surface area (TPSA) is 39.1 Å². The summed E-state index contributed by atoms with van der Waals surface area (Å²) in [5.74, 6) is 2.05. The molecule has 2 aromatic rings. The van der Waals surface area contributed by atoms with Crippen molar-refractivity contribution in [1.29, 1.82) is 0 Å². The summed E-state index contributed by atoms with van der Waals surface area (Å²) in [7, 11) is 0. The third-order valence-corrected chi connectivity index (χ3v) is 4.24. The molecule has 2 aliphatic rings. The lowest BCUT2D eigenvalue weighted by atomic mass is 10.0. The van der Waals surface area contributed by atoms with E-state index < -0.39 is 0 Å². The van der Waals surface area contributed by atoms with Crippen molar-refractivity contribution < 1.29 is 4.74 Å². The summed E-state index contributed by atoms with van der Waals surface area (Å²) < 4.78 is 7.97. The zero-order valence-corrected chi connectivity index (χ0v) is 11.8. The molecule has 3 heterocycles. The average molecular weight is 269 g/mol. The van der Waals surface area contributed by atoms with Crippen molar-refractivity contribution in [3.8, 4) is 17.0 Å². The average Bonchev–Trinajstić information content (AvgIpc) is 2.84. The molecule has 0 saturated carbocycles. The maximum atomic E-state index is 5.69. The number of nitrogens with one attached hydrogen (secondary N) is 1. The van der Waals surface area contributed by atoms with Gasteiger partial charge in [-0.15, -0.1) is 0 Å². The first-order chi connectivity index (χ1) is 9.83. The van der Waals surface area contributed by atoms with Gasteiger partial charge in [-0.25, -0.2) is 4.98 Å². The molecular formula is C16H19N3O. The lowest BCUT2D eigenvalue weighted by molar-refractivity contribution is 0.288. The first-order valence-corrected chi connectivity index (χ1v) is 7.40. The van der Waals surface area contributed by atoms with E-state index in [0.29, 0.717) is 0 Å². The van der Waals surface area contributed by atoms with E-state index in [2.05, 4.69) is 35.0 Å². The molecule has 4 nitrogen and oxygen atoms in total. The molecule has 1 N–H and O–H groups in total. The number of ether oxygens (including phenoxy) is 1. The molecule has 0 amide bonds. The van der Waals surface area contributed by atoms with Crippen LogP contribution in [0.1, 0.15) is 24.1 Å². The molecule has 0 spiro atoms. The summed E-state index contributed by atoms with van der Waals surface area (Å²) in [4.78, 5) is 4.78. The fraction of sp³-hybridized carbons (Fsp3) is 0.438. The maximum absolute atomic E-state index is 5.69. The van der Waals surface area contributed by atoms with Crippen molar-refractivity contribution >= 4 is 5.95 Å². The number of benzene rings is 1. The molecule has 0 bridgehead atoms. The van der Waals surface area contributed by atoms with Crippen molar-refractivity contribution in [1.82, 2.24) is 9.55 Å². The Bertz CT molecular complexity index is 660. The summed E-state index contributed by atoms with van der Waals surface area (Å²) in [6.07, 6.45) is 3.38. The van der Waals surface area contributed by atoms with Gasteiger partial charge in [-0.05, 0) is 49.9 Å². The molecule has 1 aromatic carbocycles. The molecule has 20 heavy (non-hydrogen) atoms. The minimum Gasteiger partial charge on any atom is -0.493 e. The summed E-state index contributed by atoms with van der Waals surface area (Å²) in [5, 5.41) is 3.38. The molecule has 0 atom stereocenters. The van der Waals surface area contributed by atoms with E-state index in [1.54, 1.807) is 0 Å². The summed E-state index contributed by atoms with van der Waals surface area (Å²) in [6.45, 7) is 5.09. The van der Waals surface area contributed by atoms with E-state index in [1.165, 1.54) is 23.2 Å². The van der Waals surface area contributed by atoms with Gasteiger partial charge >= 0.3 is 0 Å². The number of fused-ring (bicyclic) bond motifs is 2. The highest BCUT2D eigenvalue weighted by Gasteiger charge is 2.19. The molecule has 1 aromatic heterocycles. The number of hydrogen-bond acceptors (Lipinski definition) is 3. The van der Waals surface area contributed by atoms with Crippen LogP contribution in [0.25, 0.3) is 11.3 Å². The SMILES string of the molecule is Cc1c(-c2ccc3c(c2)CCCO3)nc2n1CCCN2. The number of aryl methyl sites for hydroxylation is 1. The number of hydrogen-bond donors (Lipinski definition) is 1. The van der Waals surface area contributed by atoms with Crippen LogP contribution in [0.5, 0.6) is 5.75 Å². The van der Waals surface area contributed by atoms with Crippen LogP contribution in [0.4, 0.5) is 5.95 Å². The number of nitrogens with zero attached hydrogens (tertiary/aromatic N) is 2. The highest BCUT2D eigenvalue weighted by Crippen LogP contribution is 2.33. The van der Waals surface area contributed by atoms with Crippen molar-refractivity contribution in [2.75, 3.05) is 18.5 Å². The van der Waals surface area contributed by atoms with Gasteiger partial charge in [0.15, 0.2) is 0 Å². The van der Waals surface area contributed by atoms with Gasteiger partial charge in [-0.3, -0.25) is 0 Å². The summed E-state index contributed by atoms with van der Waals surface area (Å²) >= 11 is 0. The van der Waals surface area contributed by atoms with Crippen LogP contribution in [0, 0.1) is 6.92 Å². The maximum Gasteiger partial charge on any atom is 0.203 e. The molecule has 4 rings (SSSR count). The van der Waals surface area contributed by atoms with E-state index in [1.807, 2.05) is 0 Å². The monoisotopic (exact) mass is 269 g/mol. The van der Waals surface area contributed by atoms with Crippen LogP contribution in [-0.4, -0.2) is 22.7 Å². The Morgan fingerprint density at radius 1 is 1.30 bits per heavy atom. The van der Waals surface area contributed by atoms with Crippen LogP contribution in [0.15, 0.2) is 18.2 Å². The molecule has 0 unspecified atom stereocenters. The van der Waals surface area contributed by atoms with E-state index in [4.69, 9.17) is 9.72 Å². The van der Waals surface area contributed by atoms with Gasteiger partial charge in [-0.2, -0.15) is 0 Å². The highest BCUT2D eigenvalue weighted by molar-refractivity contribution is 5.67. The second kappa shape index (κ2) is 4.54. The fourth-order valence-corrected chi connectivity index (χ4v) is 3.16. The summed E-state index contributed by atoms with van der Waals surface area (Å²) in [5.41, 5.74) is 4.87. The Balaban J connectivity index is 1.79. The lowest BCUT2D eigenvalue weighted by Gasteiger charge is -2.17. The molecule has 0 saturated heterocycles. The van der Waals surface area contributed by atoms with Crippen molar-refractivity contribution in [2.24, 2.45) is 0 Å². The van der Waals surface area contributed by atoms with Gasteiger partial charge in [0.25, 0.3) is 0 Å². The molecular weight excluding hydrogens is 250 g/mol.